The molecule has 0 spiro atoms. The number of rotatable bonds is 4. The summed E-state index contributed by atoms with van der Waals surface area (Å²) in [7, 11) is -3.72. The van der Waals surface area contributed by atoms with Gasteiger partial charge in [0.2, 0.25) is 0 Å². The largest absolute Gasteiger partial charge is 0.326 e. The molecule has 0 aliphatic heterocycles. The molecule has 0 fully saturated rings. The third-order valence-corrected chi connectivity index (χ3v) is 3.48. The van der Waals surface area contributed by atoms with Crippen molar-refractivity contribution in [2.45, 2.75) is 11.4 Å². The molecular weight excluding hydrogens is 254 g/mol. The highest BCUT2D eigenvalue weighted by Gasteiger charge is 2.15. The number of benzene rings is 1. The summed E-state index contributed by atoms with van der Waals surface area (Å²) in [5.41, 5.74) is 6.19. The smallest absolute Gasteiger partial charge is 0.264 e. The third-order valence-electron chi connectivity index (χ3n) is 2.15. The van der Waals surface area contributed by atoms with Gasteiger partial charge in [0.15, 0.2) is 0 Å². The molecular formula is C10H11N5O2S. The van der Waals surface area contributed by atoms with E-state index in [0.29, 0.717) is 0 Å². The molecule has 3 N–H and O–H groups in total. The van der Waals surface area contributed by atoms with Gasteiger partial charge in [-0.15, -0.1) is 5.10 Å². The summed E-state index contributed by atoms with van der Waals surface area (Å²) >= 11 is 0. The van der Waals surface area contributed by atoms with Crippen molar-refractivity contribution < 1.29 is 8.42 Å². The van der Waals surface area contributed by atoms with Crippen LogP contribution in [0.4, 0.5) is 5.95 Å². The van der Waals surface area contributed by atoms with Gasteiger partial charge in [-0.3, -0.25) is 0 Å². The minimum atomic E-state index is -3.72. The van der Waals surface area contributed by atoms with Crippen molar-refractivity contribution in [3.8, 4) is 0 Å². The first-order chi connectivity index (χ1) is 8.62. The van der Waals surface area contributed by atoms with Crippen LogP contribution in [-0.2, 0) is 16.6 Å². The number of hydrogen-bond donors (Lipinski definition) is 2. The van der Waals surface area contributed by atoms with Crippen LogP contribution in [0.15, 0.2) is 41.6 Å². The van der Waals surface area contributed by atoms with Crippen LogP contribution in [0.5, 0.6) is 0 Å². The number of hydrogen-bond acceptors (Lipinski definition) is 6. The third kappa shape index (κ3) is 2.79. The fourth-order valence-electron chi connectivity index (χ4n) is 1.31. The normalized spacial score (nSPS) is 11.2. The van der Waals surface area contributed by atoms with Crippen LogP contribution in [0, 0.1) is 0 Å². The first-order valence-electron chi connectivity index (χ1n) is 5.07. The maximum absolute atomic E-state index is 12.0. The second-order valence-electron chi connectivity index (χ2n) is 3.42. The number of aromatic nitrogens is 3. The molecule has 2 rings (SSSR count). The number of nitrogens with zero attached hydrogens (tertiary/aromatic N) is 3. The van der Waals surface area contributed by atoms with E-state index < -0.39 is 10.0 Å². The lowest BCUT2D eigenvalue weighted by Gasteiger charge is -2.06. The summed E-state index contributed by atoms with van der Waals surface area (Å²) in [4.78, 5) is 3.85. The molecule has 2 aromatic rings. The number of sulfonamides is 1. The number of anilines is 1. The molecule has 7 nitrogen and oxygen atoms in total. The number of nitrogens with one attached hydrogen (secondary N) is 1. The Morgan fingerprint density at radius 1 is 1.28 bits per heavy atom. The summed E-state index contributed by atoms with van der Waals surface area (Å²) in [6.07, 6.45) is 2.70. The molecule has 0 bridgehead atoms. The van der Waals surface area contributed by atoms with Crippen LogP contribution in [0.2, 0.25) is 0 Å². The van der Waals surface area contributed by atoms with Gasteiger partial charge in [0, 0.05) is 6.54 Å². The highest BCUT2D eigenvalue weighted by Crippen LogP contribution is 2.13. The zero-order valence-electron chi connectivity index (χ0n) is 9.31. The molecule has 0 saturated heterocycles. The van der Waals surface area contributed by atoms with Crippen LogP contribution >= 0.6 is 0 Å². The van der Waals surface area contributed by atoms with Crippen molar-refractivity contribution in [1.29, 1.82) is 0 Å². The van der Waals surface area contributed by atoms with Crippen molar-refractivity contribution in [2.75, 3.05) is 4.72 Å². The number of nitrogens with two attached hydrogens (primary N) is 1. The van der Waals surface area contributed by atoms with Crippen LogP contribution < -0.4 is 10.5 Å². The minimum Gasteiger partial charge on any atom is -0.326 e. The first kappa shape index (κ1) is 12.4. The van der Waals surface area contributed by atoms with Gasteiger partial charge in [-0.25, -0.2) is 18.1 Å². The van der Waals surface area contributed by atoms with E-state index in [1.165, 1.54) is 24.5 Å². The van der Waals surface area contributed by atoms with E-state index in [-0.39, 0.29) is 17.4 Å². The molecule has 0 atom stereocenters. The minimum absolute atomic E-state index is 0.0735. The SMILES string of the molecule is NCc1cccc(S(=O)(=O)Nc2nccnn2)c1. The van der Waals surface area contributed by atoms with Gasteiger partial charge in [-0.05, 0) is 17.7 Å². The molecule has 0 aliphatic carbocycles. The van der Waals surface area contributed by atoms with Gasteiger partial charge < -0.3 is 5.73 Å². The Morgan fingerprint density at radius 2 is 2.11 bits per heavy atom. The highest BCUT2D eigenvalue weighted by molar-refractivity contribution is 7.92. The van der Waals surface area contributed by atoms with E-state index in [1.54, 1.807) is 12.1 Å². The van der Waals surface area contributed by atoms with Crippen LogP contribution in [-0.4, -0.2) is 23.6 Å². The average Bonchev–Trinajstić information content (AvgIpc) is 2.39. The lowest BCUT2D eigenvalue weighted by atomic mass is 10.2. The van der Waals surface area contributed by atoms with Gasteiger partial charge in [-0.1, -0.05) is 12.1 Å². The van der Waals surface area contributed by atoms with Gasteiger partial charge >= 0.3 is 0 Å². The van der Waals surface area contributed by atoms with Gasteiger partial charge in [-0.2, -0.15) is 5.10 Å². The molecule has 1 heterocycles. The lowest BCUT2D eigenvalue weighted by molar-refractivity contribution is 0.600. The molecule has 1 aromatic heterocycles. The van der Waals surface area contributed by atoms with Crippen molar-refractivity contribution in [3.63, 3.8) is 0 Å². The second-order valence-corrected chi connectivity index (χ2v) is 5.11. The van der Waals surface area contributed by atoms with Crippen molar-refractivity contribution in [2.24, 2.45) is 5.73 Å². The first-order valence-corrected chi connectivity index (χ1v) is 6.55. The Kier molecular flexibility index (Phi) is 3.49. The fourth-order valence-corrected chi connectivity index (χ4v) is 2.33. The van der Waals surface area contributed by atoms with Crippen molar-refractivity contribution in [1.82, 2.24) is 15.2 Å². The van der Waals surface area contributed by atoms with E-state index in [0.717, 1.165) is 5.56 Å². The Labute approximate surface area is 104 Å². The fraction of sp³-hybridized carbons (Fsp3) is 0.100. The predicted octanol–water partition coefficient (Wildman–Crippen LogP) is 0.131. The Bertz CT molecular complexity index is 630. The van der Waals surface area contributed by atoms with E-state index in [9.17, 15) is 8.42 Å². The summed E-state index contributed by atoms with van der Waals surface area (Å²) < 4.78 is 26.3. The molecule has 0 unspecified atom stereocenters. The molecule has 18 heavy (non-hydrogen) atoms. The zero-order chi connectivity index (χ0) is 13.0. The lowest BCUT2D eigenvalue weighted by Crippen LogP contribution is -2.15. The molecule has 8 heteroatoms. The monoisotopic (exact) mass is 265 g/mol. The van der Waals surface area contributed by atoms with Gasteiger partial charge in [0.1, 0.15) is 0 Å². The zero-order valence-corrected chi connectivity index (χ0v) is 10.1. The summed E-state index contributed by atoms with van der Waals surface area (Å²) in [6.45, 7) is 0.271. The summed E-state index contributed by atoms with van der Waals surface area (Å²) in [5, 5.41) is 7.09. The second kappa shape index (κ2) is 5.07. The van der Waals surface area contributed by atoms with Gasteiger partial charge in [0.05, 0.1) is 17.3 Å². The topological polar surface area (TPSA) is 111 Å². The van der Waals surface area contributed by atoms with E-state index in [2.05, 4.69) is 19.9 Å². The molecule has 0 aliphatic rings. The summed E-state index contributed by atoms with van der Waals surface area (Å²) in [5.74, 6) is -0.0735. The molecule has 94 valence electrons. The van der Waals surface area contributed by atoms with Crippen LogP contribution in [0.3, 0.4) is 0 Å². The Balaban J connectivity index is 2.31. The van der Waals surface area contributed by atoms with Gasteiger partial charge in [0.25, 0.3) is 16.0 Å². The van der Waals surface area contributed by atoms with Crippen molar-refractivity contribution in [3.05, 3.63) is 42.2 Å². The summed E-state index contributed by atoms with van der Waals surface area (Å²) in [6, 6.07) is 6.34. The quantitative estimate of drug-likeness (QED) is 0.813. The standard InChI is InChI=1S/C10H11N5O2S/c11-7-8-2-1-3-9(6-8)18(16,17)15-10-12-4-5-13-14-10/h1-6H,7,11H2,(H,12,14,15). The highest BCUT2D eigenvalue weighted by atomic mass is 32.2. The molecule has 1 aromatic carbocycles. The Hall–Kier alpha value is -2.06. The molecule has 0 radical (unpaired) electrons. The van der Waals surface area contributed by atoms with Crippen LogP contribution in [0.25, 0.3) is 0 Å². The van der Waals surface area contributed by atoms with E-state index in [1.807, 2.05) is 0 Å². The predicted molar refractivity (Wildman–Crippen MR) is 65.0 cm³/mol. The van der Waals surface area contributed by atoms with Crippen molar-refractivity contribution >= 4 is 16.0 Å². The van der Waals surface area contributed by atoms with E-state index in [4.69, 9.17) is 5.73 Å². The van der Waals surface area contributed by atoms with E-state index >= 15 is 0 Å². The average molecular weight is 265 g/mol. The maximum Gasteiger partial charge on any atom is 0.264 e. The molecule has 0 amide bonds. The Morgan fingerprint density at radius 3 is 2.78 bits per heavy atom. The van der Waals surface area contributed by atoms with Crippen LogP contribution in [0.1, 0.15) is 5.56 Å². The molecule has 0 saturated carbocycles. The maximum atomic E-state index is 12.0.